The van der Waals surface area contributed by atoms with Gasteiger partial charge in [0.2, 0.25) is 0 Å². The van der Waals surface area contributed by atoms with Crippen LogP contribution in [0.15, 0.2) is 24.3 Å². The Hall–Kier alpha value is -1.59. The molecule has 0 aliphatic carbocycles. The van der Waals surface area contributed by atoms with Crippen LogP contribution in [0, 0.1) is 5.92 Å². The van der Waals surface area contributed by atoms with Crippen molar-refractivity contribution in [3.8, 4) is 0 Å². The van der Waals surface area contributed by atoms with Crippen LogP contribution in [0.2, 0.25) is 0 Å². The summed E-state index contributed by atoms with van der Waals surface area (Å²) in [6, 6.07) is 8.24. The Balaban J connectivity index is 1.68. The van der Waals surface area contributed by atoms with Gasteiger partial charge in [0.1, 0.15) is 5.54 Å². The molecule has 5 nitrogen and oxygen atoms in total. The van der Waals surface area contributed by atoms with Gasteiger partial charge in [0, 0.05) is 6.54 Å². The van der Waals surface area contributed by atoms with E-state index in [9.17, 15) is 4.79 Å². The van der Waals surface area contributed by atoms with E-state index in [1.165, 1.54) is 0 Å². The van der Waals surface area contributed by atoms with E-state index in [2.05, 4.69) is 33.0 Å². The van der Waals surface area contributed by atoms with E-state index in [1.807, 2.05) is 12.1 Å². The molecule has 4 rings (SSSR count). The van der Waals surface area contributed by atoms with Crippen LogP contribution < -0.4 is 20.9 Å². The fourth-order valence-corrected chi connectivity index (χ4v) is 4.00. The predicted octanol–water partition coefficient (Wildman–Crippen LogP) is 1.18. The van der Waals surface area contributed by atoms with Gasteiger partial charge in [-0.3, -0.25) is 4.79 Å². The molecule has 5 heteroatoms. The topological polar surface area (TPSA) is 56.4 Å². The summed E-state index contributed by atoms with van der Waals surface area (Å²) >= 11 is 0. The maximum atomic E-state index is 13.3. The van der Waals surface area contributed by atoms with Crippen molar-refractivity contribution < 1.29 is 4.79 Å². The monoisotopic (exact) mass is 300 g/mol. The number of hydrogen-bond acceptors (Lipinski definition) is 4. The molecular formula is C17H24N4O. The molecule has 1 aromatic rings. The Morgan fingerprint density at radius 2 is 1.95 bits per heavy atom. The van der Waals surface area contributed by atoms with Crippen molar-refractivity contribution in [3.63, 3.8) is 0 Å². The molecule has 3 aliphatic heterocycles. The molecule has 1 aromatic carbocycles. The first-order valence-corrected chi connectivity index (χ1v) is 8.39. The van der Waals surface area contributed by atoms with Gasteiger partial charge in [0.05, 0.1) is 11.4 Å². The Morgan fingerprint density at radius 3 is 2.73 bits per heavy atom. The highest BCUT2D eigenvalue weighted by atomic mass is 16.2. The first-order chi connectivity index (χ1) is 10.8. The third kappa shape index (κ3) is 2.29. The average Bonchev–Trinajstić information content (AvgIpc) is 3.06. The third-order valence-electron chi connectivity index (χ3n) is 5.28. The van der Waals surface area contributed by atoms with E-state index in [0.29, 0.717) is 5.92 Å². The molecular weight excluding hydrogens is 276 g/mol. The minimum atomic E-state index is -0.411. The van der Waals surface area contributed by atoms with Gasteiger partial charge in [-0.05, 0) is 63.5 Å². The lowest BCUT2D eigenvalue weighted by molar-refractivity contribution is -0.124. The maximum absolute atomic E-state index is 13.3. The molecule has 118 valence electrons. The number of rotatable bonds is 2. The number of benzene rings is 1. The van der Waals surface area contributed by atoms with Crippen LogP contribution in [0.3, 0.4) is 0 Å². The molecule has 3 N–H and O–H groups in total. The van der Waals surface area contributed by atoms with Crippen molar-refractivity contribution in [3.05, 3.63) is 24.3 Å². The van der Waals surface area contributed by atoms with E-state index >= 15 is 0 Å². The zero-order valence-corrected chi connectivity index (χ0v) is 12.9. The summed E-state index contributed by atoms with van der Waals surface area (Å²) in [5.74, 6) is 0.827. The van der Waals surface area contributed by atoms with E-state index in [4.69, 9.17) is 0 Å². The van der Waals surface area contributed by atoms with Gasteiger partial charge in [0.25, 0.3) is 5.91 Å². The predicted molar refractivity (Wildman–Crippen MR) is 88.2 cm³/mol. The zero-order chi connectivity index (χ0) is 15.0. The van der Waals surface area contributed by atoms with Crippen LogP contribution in [0.25, 0.3) is 0 Å². The highest BCUT2D eigenvalue weighted by Crippen LogP contribution is 2.39. The molecule has 2 fully saturated rings. The second-order valence-corrected chi connectivity index (χ2v) is 6.75. The van der Waals surface area contributed by atoms with Crippen LogP contribution in [0.1, 0.15) is 19.3 Å². The average molecular weight is 300 g/mol. The lowest BCUT2D eigenvalue weighted by Gasteiger charge is -2.46. The molecule has 1 amide bonds. The normalized spacial score (nSPS) is 26.8. The Morgan fingerprint density at radius 1 is 1.14 bits per heavy atom. The standard InChI is InChI=1S/C17H24N4O/c22-16-17(6-9-18-10-7-17)20-14-3-1-2-4-15(14)21(16)12-13-5-8-19-11-13/h1-4,13,18-20H,5-12H2/t13-/m0/s1. The number of anilines is 2. The number of hydrogen-bond donors (Lipinski definition) is 3. The SMILES string of the molecule is O=C1N(C[C@H]2CCNC2)c2ccccc2NC12CCNCC2. The summed E-state index contributed by atoms with van der Waals surface area (Å²) in [4.78, 5) is 15.3. The molecule has 3 heterocycles. The number of para-hydroxylation sites is 2. The molecule has 0 radical (unpaired) electrons. The third-order valence-corrected chi connectivity index (χ3v) is 5.28. The Bertz CT molecular complexity index is 562. The molecule has 1 spiro atoms. The summed E-state index contributed by atoms with van der Waals surface area (Å²) in [6.45, 7) is 4.73. The van der Waals surface area contributed by atoms with E-state index < -0.39 is 5.54 Å². The molecule has 3 aliphatic rings. The molecule has 22 heavy (non-hydrogen) atoms. The minimum Gasteiger partial charge on any atom is -0.369 e. The van der Waals surface area contributed by atoms with Crippen molar-refractivity contribution in [2.24, 2.45) is 5.92 Å². The van der Waals surface area contributed by atoms with Gasteiger partial charge in [0.15, 0.2) is 0 Å². The summed E-state index contributed by atoms with van der Waals surface area (Å²) in [5, 5.41) is 10.3. The van der Waals surface area contributed by atoms with Crippen molar-refractivity contribution in [2.45, 2.75) is 24.8 Å². The molecule has 0 aromatic heterocycles. The summed E-state index contributed by atoms with van der Waals surface area (Å²) in [6.07, 6.45) is 2.88. The van der Waals surface area contributed by atoms with Gasteiger partial charge in [-0.2, -0.15) is 0 Å². The lowest BCUT2D eigenvalue weighted by Crippen LogP contribution is -2.62. The van der Waals surface area contributed by atoms with Gasteiger partial charge < -0.3 is 20.9 Å². The van der Waals surface area contributed by atoms with Gasteiger partial charge in [-0.15, -0.1) is 0 Å². The van der Waals surface area contributed by atoms with Crippen molar-refractivity contribution in [2.75, 3.05) is 42.9 Å². The molecule has 1 atom stereocenters. The second-order valence-electron chi connectivity index (χ2n) is 6.75. The van der Waals surface area contributed by atoms with Crippen LogP contribution in [-0.4, -0.2) is 44.2 Å². The zero-order valence-electron chi connectivity index (χ0n) is 12.9. The number of carbonyl (C=O) groups excluding carboxylic acids is 1. The smallest absolute Gasteiger partial charge is 0.252 e. The Labute approximate surface area is 131 Å². The highest BCUT2D eigenvalue weighted by Gasteiger charge is 2.46. The van der Waals surface area contributed by atoms with Crippen LogP contribution in [0.5, 0.6) is 0 Å². The maximum Gasteiger partial charge on any atom is 0.252 e. The van der Waals surface area contributed by atoms with Gasteiger partial charge in [-0.25, -0.2) is 0 Å². The van der Waals surface area contributed by atoms with E-state index in [0.717, 1.165) is 63.4 Å². The summed E-state index contributed by atoms with van der Waals surface area (Å²) < 4.78 is 0. The molecule has 0 bridgehead atoms. The van der Waals surface area contributed by atoms with E-state index in [-0.39, 0.29) is 5.91 Å². The number of fused-ring (bicyclic) bond motifs is 1. The lowest BCUT2D eigenvalue weighted by atomic mass is 9.84. The quantitative estimate of drug-likeness (QED) is 0.768. The molecule has 2 saturated heterocycles. The minimum absolute atomic E-state index is 0.264. The van der Waals surface area contributed by atoms with Gasteiger partial charge >= 0.3 is 0 Å². The van der Waals surface area contributed by atoms with Crippen molar-refractivity contribution >= 4 is 17.3 Å². The highest BCUT2D eigenvalue weighted by molar-refractivity contribution is 6.08. The second kappa shape index (κ2) is 5.56. The van der Waals surface area contributed by atoms with E-state index in [1.54, 1.807) is 0 Å². The molecule has 0 saturated carbocycles. The summed E-state index contributed by atoms with van der Waals surface area (Å²) in [5.41, 5.74) is 1.74. The fourth-order valence-electron chi connectivity index (χ4n) is 4.00. The Kier molecular flexibility index (Phi) is 3.54. The first-order valence-electron chi connectivity index (χ1n) is 8.39. The van der Waals surface area contributed by atoms with Crippen molar-refractivity contribution in [1.82, 2.24) is 10.6 Å². The number of piperidine rings is 1. The molecule has 0 unspecified atom stereocenters. The van der Waals surface area contributed by atoms with Crippen LogP contribution in [-0.2, 0) is 4.79 Å². The number of nitrogens with one attached hydrogen (secondary N) is 3. The number of amides is 1. The van der Waals surface area contributed by atoms with Crippen LogP contribution in [0.4, 0.5) is 11.4 Å². The fraction of sp³-hybridized carbons (Fsp3) is 0.588. The number of carbonyl (C=O) groups is 1. The summed E-state index contributed by atoms with van der Waals surface area (Å²) in [7, 11) is 0. The van der Waals surface area contributed by atoms with Gasteiger partial charge in [-0.1, -0.05) is 12.1 Å². The number of nitrogens with zero attached hydrogens (tertiary/aromatic N) is 1. The van der Waals surface area contributed by atoms with Crippen molar-refractivity contribution in [1.29, 1.82) is 0 Å². The largest absolute Gasteiger partial charge is 0.369 e. The van der Waals surface area contributed by atoms with Crippen LogP contribution >= 0.6 is 0 Å². The first kappa shape index (κ1) is 14.0.